The maximum atomic E-state index is 12.8. The first kappa shape index (κ1) is 17.9. The molecule has 0 radical (unpaired) electrons. The van der Waals surface area contributed by atoms with Gasteiger partial charge in [0.2, 0.25) is 0 Å². The molecule has 0 saturated carbocycles. The lowest BCUT2D eigenvalue weighted by Gasteiger charge is -2.17. The Morgan fingerprint density at radius 1 is 1.25 bits per heavy atom. The molecule has 0 aliphatic carbocycles. The molecule has 128 valence electrons. The van der Waals surface area contributed by atoms with Crippen LogP contribution in [0.2, 0.25) is 0 Å². The fourth-order valence-electron chi connectivity index (χ4n) is 2.14. The van der Waals surface area contributed by atoms with Crippen LogP contribution < -0.4 is 10.6 Å². The summed E-state index contributed by atoms with van der Waals surface area (Å²) in [5.41, 5.74) is 0.932. The number of carbonyl (C=O) groups excluding carboxylic acids is 2. The molecule has 5 nitrogen and oxygen atoms in total. The van der Waals surface area contributed by atoms with Gasteiger partial charge in [-0.15, -0.1) is 11.3 Å². The lowest BCUT2D eigenvalue weighted by atomic mass is 10.1. The van der Waals surface area contributed by atoms with Crippen LogP contribution in [-0.2, 0) is 16.0 Å². The van der Waals surface area contributed by atoms with E-state index in [9.17, 15) is 14.0 Å². The Morgan fingerprint density at radius 3 is 2.62 bits per heavy atom. The molecule has 0 fully saturated rings. The van der Waals surface area contributed by atoms with Crippen LogP contribution in [-0.4, -0.2) is 25.7 Å². The van der Waals surface area contributed by atoms with Crippen molar-refractivity contribution in [2.75, 3.05) is 13.7 Å². The first-order valence-electron chi connectivity index (χ1n) is 7.47. The predicted molar refractivity (Wildman–Crippen MR) is 90.3 cm³/mol. The topological polar surface area (TPSA) is 67.4 Å². The van der Waals surface area contributed by atoms with Crippen LogP contribution in [0.4, 0.5) is 9.18 Å². The van der Waals surface area contributed by atoms with Crippen molar-refractivity contribution in [3.05, 3.63) is 58.0 Å². The number of ether oxygens (including phenoxy) is 1. The first-order valence-corrected chi connectivity index (χ1v) is 8.35. The minimum atomic E-state index is -0.428. The highest BCUT2D eigenvalue weighted by Crippen LogP contribution is 2.22. The third-order valence-electron chi connectivity index (χ3n) is 3.40. The monoisotopic (exact) mass is 350 g/mol. The third-order valence-corrected chi connectivity index (χ3v) is 4.39. The van der Waals surface area contributed by atoms with E-state index in [2.05, 4.69) is 15.4 Å². The molecule has 0 aliphatic heterocycles. The summed E-state index contributed by atoms with van der Waals surface area (Å²) in [5.74, 6) is -0.675. The molecular weight excluding hydrogens is 331 g/mol. The van der Waals surface area contributed by atoms with Gasteiger partial charge in [-0.3, -0.25) is 4.79 Å². The normalized spacial score (nSPS) is 11.6. The largest absolute Gasteiger partial charge is 0.469 e. The predicted octanol–water partition coefficient (Wildman–Crippen LogP) is 3.03. The molecule has 1 aromatic heterocycles. The molecule has 1 atom stereocenters. The number of amides is 2. The minimum Gasteiger partial charge on any atom is -0.469 e. The van der Waals surface area contributed by atoms with E-state index in [0.717, 1.165) is 10.4 Å². The molecule has 2 rings (SSSR count). The fraction of sp³-hybridized carbons (Fsp3) is 0.294. The zero-order valence-corrected chi connectivity index (χ0v) is 14.1. The summed E-state index contributed by atoms with van der Waals surface area (Å²) in [7, 11) is 1.32. The molecule has 0 bridgehead atoms. The summed E-state index contributed by atoms with van der Waals surface area (Å²) >= 11 is 1.46. The summed E-state index contributed by atoms with van der Waals surface area (Å²) in [5, 5.41) is 7.40. The molecule has 0 saturated heterocycles. The molecule has 1 unspecified atom stereocenters. The number of methoxy groups -OCH3 is 1. The van der Waals surface area contributed by atoms with Gasteiger partial charge >= 0.3 is 12.0 Å². The van der Waals surface area contributed by atoms with E-state index in [1.165, 1.54) is 30.6 Å². The van der Waals surface area contributed by atoms with E-state index in [-0.39, 0.29) is 24.2 Å². The molecular formula is C17H19FN2O3S. The van der Waals surface area contributed by atoms with Crippen molar-refractivity contribution in [1.29, 1.82) is 0 Å². The zero-order valence-electron chi connectivity index (χ0n) is 13.3. The summed E-state index contributed by atoms with van der Waals surface area (Å²) in [6.45, 7) is 0.410. The Kier molecular flexibility index (Phi) is 6.74. The van der Waals surface area contributed by atoms with Crippen LogP contribution in [0, 0.1) is 5.82 Å². The number of urea groups is 1. The highest BCUT2D eigenvalue weighted by Gasteiger charge is 2.19. The van der Waals surface area contributed by atoms with Gasteiger partial charge in [-0.25, -0.2) is 9.18 Å². The number of halogens is 1. The lowest BCUT2D eigenvalue weighted by molar-refractivity contribution is -0.141. The second kappa shape index (κ2) is 9.02. The van der Waals surface area contributed by atoms with Crippen molar-refractivity contribution in [1.82, 2.24) is 10.6 Å². The quantitative estimate of drug-likeness (QED) is 0.754. The van der Waals surface area contributed by atoms with E-state index < -0.39 is 6.04 Å². The lowest BCUT2D eigenvalue weighted by Crippen LogP contribution is -2.39. The van der Waals surface area contributed by atoms with Crippen LogP contribution in [0.3, 0.4) is 0 Å². The molecule has 2 N–H and O–H groups in total. The zero-order chi connectivity index (χ0) is 17.4. The van der Waals surface area contributed by atoms with Gasteiger partial charge in [0.25, 0.3) is 0 Å². The van der Waals surface area contributed by atoms with Gasteiger partial charge in [0.1, 0.15) is 5.82 Å². The Hall–Kier alpha value is -2.41. The Morgan fingerprint density at radius 2 is 2.00 bits per heavy atom. The molecule has 1 aromatic carbocycles. The van der Waals surface area contributed by atoms with E-state index in [0.29, 0.717) is 13.0 Å². The van der Waals surface area contributed by atoms with Crippen molar-refractivity contribution >= 4 is 23.3 Å². The van der Waals surface area contributed by atoms with Crippen molar-refractivity contribution in [2.24, 2.45) is 0 Å². The van der Waals surface area contributed by atoms with Crippen molar-refractivity contribution in [2.45, 2.75) is 18.9 Å². The van der Waals surface area contributed by atoms with E-state index >= 15 is 0 Å². The number of nitrogens with one attached hydrogen (secondary N) is 2. The van der Waals surface area contributed by atoms with Gasteiger partial charge in [0, 0.05) is 11.4 Å². The SMILES string of the molecule is COC(=O)CC(NC(=O)NCCc1ccc(F)cc1)c1cccs1. The third kappa shape index (κ3) is 5.66. The van der Waals surface area contributed by atoms with Crippen molar-refractivity contribution in [3.8, 4) is 0 Å². The second-order valence-electron chi connectivity index (χ2n) is 5.12. The highest BCUT2D eigenvalue weighted by atomic mass is 32.1. The average molecular weight is 350 g/mol. The standard InChI is InChI=1S/C17H19FN2O3S/c1-23-16(21)11-14(15-3-2-10-24-15)20-17(22)19-9-8-12-4-6-13(18)7-5-12/h2-7,10,14H,8-9,11H2,1H3,(H2,19,20,22). The molecule has 2 amide bonds. The van der Waals surface area contributed by atoms with Crippen LogP contribution in [0.15, 0.2) is 41.8 Å². The fourth-order valence-corrected chi connectivity index (χ4v) is 2.92. The average Bonchev–Trinajstić information content (AvgIpc) is 3.10. The van der Waals surface area contributed by atoms with E-state index in [4.69, 9.17) is 0 Å². The first-order chi connectivity index (χ1) is 11.6. The maximum Gasteiger partial charge on any atom is 0.315 e. The van der Waals surface area contributed by atoms with Gasteiger partial charge < -0.3 is 15.4 Å². The van der Waals surface area contributed by atoms with Gasteiger partial charge in [0.05, 0.1) is 19.6 Å². The number of hydrogen-bond donors (Lipinski definition) is 2. The number of thiophene rings is 1. The van der Waals surface area contributed by atoms with Gasteiger partial charge in [0.15, 0.2) is 0 Å². The second-order valence-corrected chi connectivity index (χ2v) is 6.10. The molecule has 0 aliphatic rings. The number of hydrogen-bond acceptors (Lipinski definition) is 4. The number of esters is 1. The summed E-state index contributed by atoms with van der Waals surface area (Å²) in [6.07, 6.45) is 0.663. The Bertz CT molecular complexity index is 659. The van der Waals surface area contributed by atoms with Crippen molar-refractivity contribution < 1.29 is 18.7 Å². The van der Waals surface area contributed by atoms with Gasteiger partial charge in [-0.2, -0.15) is 0 Å². The van der Waals surface area contributed by atoms with Crippen LogP contribution in [0.5, 0.6) is 0 Å². The highest BCUT2D eigenvalue weighted by molar-refractivity contribution is 7.10. The van der Waals surface area contributed by atoms with Crippen LogP contribution in [0.1, 0.15) is 22.9 Å². The number of benzene rings is 1. The van der Waals surface area contributed by atoms with Crippen LogP contribution >= 0.6 is 11.3 Å². The Labute approximate surface area is 143 Å². The maximum absolute atomic E-state index is 12.8. The number of carbonyl (C=O) groups is 2. The summed E-state index contributed by atoms with van der Waals surface area (Å²) in [6, 6.07) is 9.07. The molecule has 24 heavy (non-hydrogen) atoms. The summed E-state index contributed by atoms with van der Waals surface area (Å²) < 4.78 is 17.5. The summed E-state index contributed by atoms with van der Waals surface area (Å²) in [4.78, 5) is 24.4. The molecule has 1 heterocycles. The molecule has 0 spiro atoms. The van der Waals surface area contributed by atoms with E-state index in [1.54, 1.807) is 12.1 Å². The molecule has 7 heteroatoms. The minimum absolute atomic E-state index is 0.0718. The number of rotatable bonds is 7. The smallest absolute Gasteiger partial charge is 0.315 e. The van der Waals surface area contributed by atoms with Crippen molar-refractivity contribution in [3.63, 3.8) is 0 Å². The van der Waals surface area contributed by atoms with Crippen LogP contribution in [0.25, 0.3) is 0 Å². The van der Waals surface area contributed by atoms with Gasteiger partial charge in [-0.1, -0.05) is 18.2 Å². The van der Waals surface area contributed by atoms with E-state index in [1.807, 2.05) is 17.5 Å². The Balaban J connectivity index is 1.83. The molecule has 2 aromatic rings. The van der Waals surface area contributed by atoms with Gasteiger partial charge in [-0.05, 0) is 35.6 Å².